The van der Waals surface area contributed by atoms with Crippen LogP contribution in [0.1, 0.15) is 29.8 Å². The first-order chi connectivity index (χ1) is 11.2. The lowest BCUT2D eigenvalue weighted by Crippen LogP contribution is -2.35. The molecule has 1 aliphatic heterocycles. The molecule has 3 heteroatoms. The van der Waals surface area contributed by atoms with Crippen molar-refractivity contribution in [3.63, 3.8) is 0 Å². The van der Waals surface area contributed by atoms with E-state index in [2.05, 4.69) is 77.1 Å². The lowest BCUT2D eigenvalue weighted by atomic mass is 9.97. The minimum absolute atomic E-state index is 0.766. The zero-order chi connectivity index (χ0) is 16.1. The number of hydrogen-bond acceptors (Lipinski definition) is 2. The molecule has 2 aromatic rings. The van der Waals surface area contributed by atoms with Gasteiger partial charge < -0.3 is 0 Å². The molecule has 2 heterocycles. The molecule has 122 valence electrons. The lowest BCUT2D eigenvalue weighted by molar-refractivity contribution is 0.185. The first-order valence-corrected chi connectivity index (χ1v) is 8.66. The Bertz CT molecular complexity index is 634. The second-order valence-electron chi connectivity index (χ2n) is 6.67. The monoisotopic (exact) mass is 309 g/mol. The van der Waals surface area contributed by atoms with Crippen molar-refractivity contribution in [2.45, 2.75) is 33.2 Å². The summed E-state index contributed by atoms with van der Waals surface area (Å²) in [6, 6.07) is 12.7. The van der Waals surface area contributed by atoms with Gasteiger partial charge in [-0.1, -0.05) is 42.5 Å². The zero-order valence-corrected chi connectivity index (χ0v) is 14.3. The number of aromatic nitrogens is 2. The highest BCUT2D eigenvalue weighted by Gasteiger charge is 2.19. The van der Waals surface area contributed by atoms with Gasteiger partial charge in [-0.3, -0.25) is 9.58 Å². The van der Waals surface area contributed by atoms with E-state index in [1.54, 1.807) is 0 Å². The summed E-state index contributed by atoms with van der Waals surface area (Å²) in [7, 11) is 0. The van der Waals surface area contributed by atoms with Crippen molar-refractivity contribution in [3.05, 3.63) is 59.4 Å². The predicted octanol–water partition coefficient (Wildman–Crippen LogP) is 3.93. The number of nitrogens with zero attached hydrogens (tertiary/aromatic N) is 3. The van der Waals surface area contributed by atoms with Crippen LogP contribution in [-0.2, 0) is 6.54 Å². The van der Waals surface area contributed by atoms with Crippen molar-refractivity contribution in [3.8, 4) is 0 Å². The van der Waals surface area contributed by atoms with Gasteiger partial charge in [0.25, 0.3) is 0 Å². The zero-order valence-electron chi connectivity index (χ0n) is 14.3. The SMILES string of the molecule is Cc1cc(C)n(CC2CCN(C/C=C/c3ccccc3)CC2)n1. The van der Waals surface area contributed by atoms with Crippen molar-refractivity contribution in [1.82, 2.24) is 14.7 Å². The minimum Gasteiger partial charge on any atom is -0.300 e. The Morgan fingerprint density at radius 1 is 1.13 bits per heavy atom. The van der Waals surface area contributed by atoms with Crippen LogP contribution in [0, 0.1) is 19.8 Å². The quantitative estimate of drug-likeness (QED) is 0.834. The van der Waals surface area contributed by atoms with Gasteiger partial charge in [0.05, 0.1) is 5.69 Å². The summed E-state index contributed by atoms with van der Waals surface area (Å²) >= 11 is 0. The van der Waals surface area contributed by atoms with E-state index < -0.39 is 0 Å². The van der Waals surface area contributed by atoms with Crippen LogP contribution < -0.4 is 0 Å². The van der Waals surface area contributed by atoms with Gasteiger partial charge in [0, 0.05) is 18.8 Å². The van der Waals surface area contributed by atoms with E-state index in [9.17, 15) is 0 Å². The molecule has 0 bridgehead atoms. The summed E-state index contributed by atoms with van der Waals surface area (Å²) < 4.78 is 2.19. The summed E-state index contributed by atoms with van der Waals surface area (Å²) in [6.07, 6.45) is 7.06. The van der Waals surface area contributed by atoms with E-state index in [1.165, 1.54) is 37.2 Å². The molecule has 0 N–H and O–H groups in total. The maximum absolute atomic E-state index is 4.60. The second-order valence-corrected chi connectivity index (χ2v) is 6.67. The molecule has 0 radical (unpaired) electrons. The van der Waals surface area contributed by atoms with E-state index in [-0.39, 0.29) is 0 Å². The maximum Gasteiger partial charge on any atom is 0.0596 e. The number of benzene rings is 1. The molecule has 0 amide bonds. The normalized spacial score (nSPS) is 17.1. The average molecular weight is 309 g/mol. The first kappa shape index (κ1) is 16.0. The number of aryl methyl sites for hydroxylation is 2. The van der Waals surface area contributed by atoms with Crippen LogP contribution in [0.2, 0.25) is 0 Å². The van der Waals surface area contributed by atoms with E-state index in [1.807, 2.05) is 0 Å². The largest absolute Gasteiger partial charge is 0.300 e. The minimum atomic E-state index is 0.766. The van der Waals surface area contributed by atoms with E-state index in [0.717, 1.165) is 24.7 Å². The van der Waals surface area contributed by atoms with Crippen molar-refractivity contribution >= 4 is 6.08 Å². The van der Waals surface area contributed by atoms with E-state index in [4.69, 9.17) is 0 Å². The summed E-state index contributed by atoms with van der Waals surface area (Å²) in [4.78, 5) is 2.55. The van der Waals surface area contributed by atoms with E-state index in [0.29, 0.717) is 0 Å². The van der Waals surface area contributed by atoms with Crippen molar-refractivity contribution in [1.29, 1.82) is 0 Å². The molecule has 1 aliphatic rings. The average Bonchev–Trinajstić information content (AvgIpc) is 2.88. The van der Waals surface area contributed by atoms with Gasteiger partial charge in [0.2, 0.25) is 0 Å². The van der Waals surface area contributed by atoms with Crippen LogP contribution >= 0.6 is 0 Å². The highest BCUT2D eigenvalue weighted by atomic mass is 15.3. The van der Waals surface area contributed by atoms with Crippen LogP contribution in [0.25, 0.3) is 6.08 Å². The van der Waals surface area contributed by atoms with Crippen LogP contribution in [0.4, 0.5) is 0 Å². The Hall–Kier alpha value is -1.87. The Labute approximate surface area is 139 Å². The number of likely N-dealkylation sites (tertiary alicyclic amines) is 1. The van der Waals surface area contributed by atoms with Gasteiger partial charge in [-0.25, -0.2) is 0 Å². The molecule has 1 fully saturated rings. The Balaban J connectivity index is 1.43. The molecule has 1 aromatic heterocycles. The van der Waals surface area contributed by atoms with Gasteiger partial charge in [-0.15, -0.1) is 0 Å². The van der Waals surface area contributed by atoms with Crippen molar-refractivity contribution < 1.29 is 0 Å². The third-order valence-electron chi connectivity index (χ3n) is 4.72. The van der Waals surface area contributed by atoms with Gasteiger partial charge >= 0.3 is 0 Å². The summed E-state index contributed by atoms with van der Waals surface area (Å²) in [5.41, 5.74) is 3.70. The van der Waals surface area contributed by atoms with Crippen molar-refractivity contribution in [2.75, 3.05) is 19.6 Å². The fourth-order valence-corrected chi connectivity index (χ4v) is 3.36. The molecule has 0 atom stereocenters. The molecule has 0 spiro atoms. The van der Waals surface area contributed by atoms with Gasteiger partial charge in [0.15, 0.2) is 0 Å². The lowest BCUT2D eigenvalue weighted by Gasteiger charge is -2.31. The van der Waals surface area contributed by atoms with E-state index >= 15 is 0 Å². The predicted molar refractivity (Wildman–Crippen MR) is 96.3 cm³/mol. The molecule has 0 saturated carbocycles. The Morgan fingerprint density at radius 3 is 2.52 bits per heavy atom. The maximum atomic E-state index is 4.60. The summed E-state index contributed by atoms with van der Waals surface area (Å²) in [6.45, 7) is 8.76. The highest BCUT2D eigenvalue weighted by Crippen LogP contribution is 2.20. The Kier molecular flexibility index (Phi) is 5.29. The highest BCUT2D eigenvalue weighted by molar-refractivity contribution is 5.48. The molecule has 23 heavy (non-hydrogen) atoms. The molecule has 0 unspecified atom stereocenters. The summed E-state index contributed by atoms with van der Waals surface area (Å²) in [5, 5.41) is 4.60. The molecule has 1 saturated heterocycles. The third-order valence-corrected chi connectivity index (χ3v) is 4.72. The molecule has 3 nitrogen and oxygen atoms in total. The number of piperidine rings is 1. The van der Waals surface area contributed by atoms with Crippen molar-refractivity contribution in [2.24, 2.45) is 5.92 Å². The second kappa shape index (κ2) is 7.60. The molecule has 1 aromatic carbocycles. The van der Waals surface area contributed by atoms with Crippen LogP contribution in [-0.4, -0.2) is 34.3 Å². The summed E-state index contributed by atoms with van der Waals surface area (Å²) in [5.74, 6) is 0.766. The van der Waals surface area contributed by atoms with Gasteiger partial charge in [-0.2, -0.15) is 5.10 Å². The van der Waals surface area contributed by atoms with Crippen LogP contribution in [0.3, 0.4) is 0 Å². The fraction of sp³-hybridized carbons (Fsp3) is 0.450. The standard InChI is InChI=1S/C20H27N3/c1-17-15-18(2)23(21-17)16-20-10-13-22(14-11-20)12-6-9-19-7-4-3-5-8-19/h3-9,15,20H,10-14,16H2,1-2H3/b9-6+. The third kappa shape index (κ3) is 4.55. The molecular formula is C20H27N3. The molecular weight excluding hydrogens is 282 g/mol. The van der Waals surface area contributed by atoms with Crippen LogP contribution in [0.5, 0.6) is 0 Å². The smallest absolute Gasteiger partial charge is 0.0596 e. The number of rotatable bonds is 5. The van der Waals surface area contributed by atoms with Gasteiger partial charge in [-0.05, 0) is 57.3 Å². The topological polar surface area (TPSA) is 21.1 Å². The number of hydrogen-bond donors (Lipinski definition) is 0. The first-order valence-electron chi connectivity index (χ1n) is 8.66. The fourth-order valence-electron chi connectivity index (χ4n) is 3.36. The van der Waals surface area contributed by atoms with Gasteiger partial charge in [0.1, 0.15) is 0 Å². The van der Waals surface area contributed by atoms with Crippen LogP contribution in [0.15, 0.2) is 42.5 Å². The molecule has 0 aliphatic carbocycles. The molecule has 3 rings (SSSR count). The Morgan fingerprint density at radius 2 is 1.87 bits per heavy atom.